The molecule has 5 nitrogen and oxygen atoms in total. The molecule has 1 aromatic carbocycles. The molecule has 2 fully saturated rings. The number of hydrogen-bond donors (Lipinski definition) is 1. The van der Waals surface area contributed by atoms with E-state index >= 15 is 0 Å². The van der Waals surface area contributed by atoms with Crippen LogP contribution in [0.15, 0.2) is 47.1 Å². The third-order valence-electron chi connectivity index (χ3n) is 5.44. The van der Waals surface area contributed by atoms with E-state index in [2.05, 4.69) is 10.2 Å². The molecule has 0 bridgehead atoms. The van der Waals surface area contributed by atoms with Gasteiger partial charge in [-0.3, -0.25) is 9.69 Å². The number of amides is 1. The van der Waals surface area contributed by atoms with Gasteiger partial charge in [-0.05, 0) is 29.8 Å². The van der Waals surface area contributed by atoms with E-state index in [-0.39, 0.29) is 17.1 Å². The molecule has 138 valence electrons. The third-order valence-corrected chi connectivity index (χ3v) is 5.44. The molecule has 2 aromatic rings. The van der Waals surface area contributed by atoms with Crippen LogP contribution >= 0.6 is 0 Å². The van der Waals surface area contributed by atoms with Crippen molar-refractivity contribution in [2.45, 2.75) is 19.5 Å². The van der Waals surface area contributed by atoms with Crippen molar-refractivity contribution in [2.24, 2.45) is 11.3 Å². The molecule has 0 saturated carbocycles. The van der Waals surface area contributed by atoms with Crippen molar-refractivity contribution in [3.63, 3.8) is 0 Å². The van der Waals surface area contributed by atoms with Gasteiger partial charge in [-0.25, -0.2) is 4.39 Å². The van der Waals surface area contributed by atoms with Crippen LogP contribution in [0.1, 0.15) is 17.7 Å². The quantitative estimate of drug-likeness (QED) is 0.862. The summed E-state index contributed by atoms with van der Waals surface area (Å²) in [5.74, 6) is 0.890. The van der Waals surface area contributed by atoms with Gasteiger partial charge in [0, 0.05) is 37.4 Å². The normalized spacial score (nSPS) is 25.3. The Balaban J connectivity index is 1.37. The Morgan fingerprint density at radius 3 is 3.08 bits per heavy atom. The van der Waals surface area contributed by atoms with Crippen LogP contribution in [0.4, 0.5) is 4.39 Å². The molecule has 0 unspecified atom stereocenters. The molecule has 2 aliphatic heterocycles. The summed E-state index contributed by atoms with van der Waals surface area (Å²) in [5, 5.41) is 2.94. The summed E-state index contributed by atoms with van der Waals surface area (Å²) in [4.78, 5) is 14.8. The van der Waals surface area contributed by atoms with E-state index in [4.69, 9.17) is 9.15 Å². The highest BCUT2D eigenvalue weighted by Crippen LogP contribution is 2.44. The number of rotatable bonds is 6. The second-order valence-corrected chi connectivity index (χ2v) is 7.41. The zero-order valence-electron chi connectivity index (χ0n) is 14.6. The Labute approximate surface area is 152 Å². The molecular formula is C20H23FN2O3. The summed E-state index contributed by atoms with van der Waals surface area (Å²) in [6.45, 7) is 4.06. The van der Waals surface area contributed by atoms with Crippen LogP contribution in [0.25, 0.3) is 0 Å². The van der Waals surface area contributed by atoms with E-state index in [1.165, 1.54) is 6.07 Å². The number of hydrogen-bond acceptors (Lipinski definition) is 4. The predicted molar refractivity (Wildman–Crippen MR) is 93.6 cm³/mol. The number of carbonyl (C=O) groups excluding carboxylic acids is 1. The summed E-state index contributed by atoms with van der Waals surface area (Å²) in [5.41, 5.74) is 0.809. The number of halogens is 1. The molecular weight excluding hydrogens is 335 g/mol. The monoisotopic (exact) mass is 358 g/mol. The molecule has 1 aromatic heterocycles. The summed E-state index contributed by atoms with van der Waals surface area (Å²) >= 11 is 0. The Hall–Kier alpha value is -2.18. The van der Waals surface area contributed by atoms with E-state index in [0.29, 0.717) is 38.6 Å². The van der Waals surface area contributed by atoms with E-state index in [9.17, 15) is 9.18 Å². The number of furan rings is 1. The molecule has 26 heavy (non-hydrogen) atoms. The lowest BCUT2D eigenvalue weighted by molar-refractivity contribution is -0.124. The van der Waals surface area contributed by atoms with Gasteiger partial charge in [-0.2, -0.15) is 0 Å². The number of carbonyl (C=O) groups is 1. The Kier molecular flexibility index (Phi) is 4.78. The van der Waals surface area contributed by atoms with Crippen molar-refractivity contribution in [3.05, 3.63) is 59.8 Å². The molecule has 6 heteroatoms. The summed E-state index contributed by atoms with van der Waals surface area (Å²) < 4.78 is 24.4. The highest BCUT2D eigenvalue weighted by Gasteiger charge is 2.51. The minimum Gasteiger partial charge on any atom is -0.467 e. The van der Waals surface area contributed by atoms with E-state index in [1.54, 1.807) is 18.4 Å². The summed E-state index contributed by atoms with van der Waals surface area (Å²) in [6, 6.07) is 10.4. The van der Waals surface area contributed by atoms with Crippen LogP contribution in [0.3, 0.4) is 0 Å². The van der Waals surface area contributed by atoms with Crippen LogP contribution in [0.2, 0.25) is 0 Å². The topological polar surface area (TPSA) is 54.7 Å². The standard InChI is InChI=1S/C20H23FN2O3/c21-17-4-1-3-15(7-17)10-23-11-16-12-25-14-20(16,13-23)8-19(24)22-9-18-5-2-6-26-18/h1-7,16H,8-14H2,(H,22,24)/t16-,20+/m0/s1. The molecule has 2 atom stereocenters. The molecule has 1 N–H and O–H groups in total. The maximum Gasteiger partial charge on any atom is 0.221 e. The fourth-order valence-electron chi connectivity index (χ4n) is 4.19. The molecule has 4 rings (SSSR count). The third kappa shape index (κ3) is 3.66. The largest absolute Gasteiger partial charge is 0.467 e. The summed E-state index contributed by atoms with van der Waals surface area (Å²) in [6.07, 6.45) is 2.04. The molecule has 0 spiro atoms. The second kappa shape index (κ2) is 7.21. The lowest BCUT2D eigenvalue weighted by atomic mass is 9.78. The number of nitrogens with zero attached hydrogens (tertiary/aromatic N) is 1. The Bertz CT molecular complexity index is 764. The smallest absolute Gasteiger partial charge is 0.221 e. The molecule has 0 aliphatic carbocycles. The van der Waals surface area contributed by atoms with E-state index < -0.39 is 0 Å². The van der Waals surface area contributed by atoms with Crippen LogP contribution in [0, 0.1) is 17.2 Å². The maximum atomic E-state index is 13.4. The first-order chi connectivity index (χ1) is 12.6. The zero-order chi connectivity index (χ0) is 18.0. The van der Waals surface area contributed by atoms with Crippen LogP contribution in [-0.4, -0.2) is 37.1 Å². The first-order valence-corrected chi connectivity index (χ1v) is 8.97. The molecule has 0 radical (unpaired) electrons. The van der Waals surface area contributed by atoms with E-state index in [1.807, 2.05) is 18.2 Å². The van der Waals surface area contributed by atoms with Gasteiger partial charge < -0.3 is 14.5 Å². The van der Waals surface area contributed by atoms with Crippen molar-refractivity contribution in [1.82, 2.24) is 10.2 Å². The highest BCUT2D eigenvalue weighted by atomic mass is 19.1. The van der Waals surface area contributed by atoms with Crippen molar-refractivity contribution >= 4 is 5.91 Å². The molecule has 2 aliphatic rings. The minimum atomic E-state index is -0.211. The summed E-state index contributed by atoms with van der Waals surface area (Å²) in [7, 11) is 0. The van der Waals surface area contributed by atoms with Gasteiger partial charge in [0.2, 0.25) is 5.91 Å². The lowest BCUT2D eigenvalue weighted by Gasteiger charge is -2.26. The van der Waals surface area contributed by atoms with Gasteiger partial charge in [-0.15, -0.1) is 0 Å². The first kappa shape index (κ1) is 17.2. The highest BCUT2D eigenvalue weighted by molar-refractivity contribution is 5.76. The average Bonchev–Trinajstić information content (AvgIpc) is 3.29. The molecule has 3 heterocycles. The van der Waals surface area contributed by atoms with Crippen molar-refractivity contribution in [2.75, 3.05) is 26.3 Å². The van der Waals surface area contributed by atoms with Gasteiger partial charge in [0.25, 0.3) is 0 Å². The Morgan fingerprint density at radius 1 is 1.35 bits per heavy atom. The number of ether oxygens (including phenoxy) is 1. The number of fused-ring (bicyclic) bond motifs is 1. The van der Waals surface area contributed by atoms with Gasteiger partial charge in [0.05, 0.1) is 26.0 Å². The van der Waals surface area contributed by atoms with Crippen LogP contribution < -0.4 is 5.32 Å². The van der Waals surface area contributed by atoms with Crippen LogP contribution in [0.5, 0.6) is 0 Å². The van der Waals surface area contributed by atoms with Crippen LogP contribution in [-0.2, 0) is 22.6 Å². The fourth-order valence-corrected chi connectivity index (χ4v) is 4.19. The predicted octanol–water partition coefficient (Wildman–Crippen LogP) is 2.57. The van der Waals surface area contributed by atoms with Gasteiger partial charge in [0.15, 0.2) is 0 Å². The number of nitrogens with one attached hydrogen (secondary N) is 1. The van der Waals surface area contributed by atoms with Gasteiger partial charge >= 0.3 is 0 Å². The number of benzene rings is 1. The van der Waals surface area contributed by atoms with Crippen molar-refractivity contribution in [1.29, 1.82) is 0 Å². The minimum absolute atomic E-state index is 0.0181. The Morgan fingerprint density at radius 2 is 2.27 bits per heavy atom. The van der Waals surface area contributed by atoms with E-state index in [0.717, 1.165) is 24.4 Å². The average molecular weight is 358 g/mol. The first-order valence-electron chi connectivity index (χ1n) is 8.97. The second-order valence-electron chi connectivity index (χ2n) is 7.41. The van der Waals surface area contributed by atoms with Gasteiger partial charge in [-0.1, -0.05) is 12.1 Å². The number of likely N-dealkylation sites (tertiary alicyclic amines) is 1. The SMILES string of the molecule is O=C(C[C@@]12COC[C@@H]1CN(Cc1cccc(F)c1)C2)NCc1ccco1. The van der Waals surface area contributed by atoms with Crippen molar-refractivity contribution < 1.29 is 18.3 Å². The lowest BCUT2D eigenvalue weighted by Crippen LogP contribution is -2.37. The molecule has 2 saturated heterocycles. The van der Waals surface area contributed by atoms with Gasteiger partial charge in [0.1, 0.15) is 11.6 Å². The van der Waals surface area contributed by atoms with Crippen molar-refractivity contribution in [3.8, 4) is 0 Å². The maximum absolute atomic E-state index is 13.4. The molecule has 1 amide bonds. The zero-order valence-corrected chi connectivity index (χ0v) is 14.6. The fraction of sp³-hybridized carbons (Fsp3) is 0.450.